The van der Waals surface area contributed by atoms with Gasteiger partial charge in [0.05, 0.1) is 0 Å². The lowest BCUT2D eigenvalue weighted by Crippen LogP contribution is -2.52. The maximum absolute atomic E-state index is 13.0. The van der Waals surface area contributed by atoms with Crippen molar-refractivity contribution in [3.63, 3.8) is 0 Å². The molecule has 0 bridgehead atoms. The first-order chi connectivity index (χ1) is 13.5. The molecule has 1 aliphatic carbocycles. The number of hydrogen-bond donors (Lipinski definition) is 2. The van der Waals surface area contributed by atoms with Crippen LogP contribution in [0.25, 0.3) is 0 Å². The Bertz CT molecular complexity index is 863. The number of nitrogens with one attached hydrogen (secondary N) is 1. The van der Waals surface area contributed by atoms with Crippen LogP contribution in [0.5, 0.6) is 0 Å². The second kappa shape index (κ2) is 6.39. The third-order valence-corrected chi connectivity index (χ3v) is 6.95. The summed E-state index contributed by atoms with van der Waals surface area (Å²) in [5, 5.41) is 2.37. The van der Waals surface area contributed by atoms with Gasteiger partial charge in [-0.2, -0.15) is 0 Å². The maximum atomic E-state index is 13.0. The predicted octanol–water partition coefficient (Wildman–Crippen LogP) is 0.903. The van der Waals surface area contributed by atoms with Gasteiger partial charge in [-0.15, -0.1) is 0 Å². The Morgan fingerprint density at radius 1 is 1.18 bits per heavy atom. The van der Waals surface area contributed by atoms with E-state index in [1.165, 1.54) is 18.4 Å². The Morgan fingerprint density at radius 2 is 2.00 bits per heavy atom. The van der Waals surface area contributed by atoms with Crippen LogP contribution in [0, 0.1) is 0 Å². The molecule has 2 unspecified atom stereocenters. The van der Waals surface area contributed by atoms with Crippen molar-refractivity contribution in [1.29, 1.82) is 0 Å². The van der Waals surface area contributed by atoms with Gasteiger partial charge in [-0.25, -0.2) is 0 Å². The number of fused-ring (bicyclic) bond motifs is 1. The van der Waals surface area contributed by atoms with Crippen molar-refractivity contribution in [2.45, 2.75) is 69.2 Å². The van der Waals surface area contributed by atoms with Crippen LogP contribution in [0.2, 0.25) is 0 Å². The molecule has 28 heavy (non-hydrogen) atoms. The number of imide groups is 1. The molecule has 7 heteroatoms. The van der Waals surface area contributed by atoms with E-state index in [1.807, 2.05) is 12.1 Å². The third-order valence-electron chi connectivity index (χ3n) is 6.95. The monoisotopic (exact) mass is 382 g/mol. The number of likely N-dealkylation sites (tertiary alicyclic amines) is 1. The summed E-state index contributed by atoms with van der Waals surface area (Å²) in [5.74, 6) is -0.724. The number of benzene rings is 1. The molecule has 1 saturated carbocycles. The van der Waals surface area contributed by atoms with Gasteiger partial charge in [0.25, 0.3) is 5.91 Å². The van der Waals surface area contributed by atoms with Gasteiger partial charge in [-0.3, -0.25) is 24.6 Å². The van der Waals surface area contributed by atoms with Crippen LogP contribution in [0.15, 0.2) is 18.2 Å². The number of hydrogen-bond acceptors (Lipinski definition) is 5. The van der Waals surface area contributed by atoms with E-state index in [4.69, 9.17) is 5.73 Å². The van der Waals surface area contributed by atoms with Crippen LogP contribution < -0.4 is 11.1 Å². The van der Waals surface area contributed by atoms with Gasteiger partial charge in [0.1, 0.15) is 6.04 Å². The summed E-state index contributed by atoms with van der Waals surface area (Å²) in [5.41, 5.74) is 9.35. The van der Waals surface area contributed by atoms with Crippen molar-refractivity contribution in [3.8, 4) is 0 Å². The fourth-order valence-corrected chi connectivity index (χ4v) is 5.19. The van der Waals surface area contributed by atoms with E-state index in [0.29, 0.717) is 24.6 Å². The second-order valence-electron chi connectivity index (χ2n) is 8.74. The van der Waals surface area contributed by atoms with Crippen LogP contribution in [0.3, 0.4) is 0 Å². The molecule has 148 valence electrons. The van der Waals surface area contributed by atoms with E-state index in [1.54, 1.807) is 4.90 Å². The minimum Gasteiger partial charge on any atom is -0.328 e. The molecule has 2 atom stereocenters. The molecule has 1 spiro atoms. The summed E-state index contributed by atoms with van der Waals surface area (Å²) in [4.78, 5) is 40.9. The number of rotatable bonds is 3. The summed E-state index contributed by atoms with van der Waals surface area (Å²) in [6.07, 6.45) is 5.16. The summed E-state index contributed by atoms with van der Waals surface area (Å²) in [6.45, 7) is 2.26. The van der Waals surface area contributed by atoms with Crippen molar-refractivity contribution in [2.75, 3.05) is 6.54 Å². The number of nitrogens with two attached hydrogens (primary N) is 1. The molecule has 0 radical (unpaired) electrons. The summed E-state index contributed by atoms with van der Waals surface area (Å²) in [7, 11) is 0. The number of amides is 3. The second-order valence-corrected chi connectivity index (χ2v) is 8.74. The van der Waals surface area contributed by atoms with Gasteiger partial charge in [0.15, 0.2) is 0 Å². The van der Waals surface area contributed by atoms with Gasteiger partial charge < -0.3 is 10.6 Å². The quantitative estimate of drug-likeness (QED) is 0.758. The normalized spacial score (nSPS) is 29.2. The molecule has 4 aliphatic rings. The topological polar surface area (TPSA) is 95.7 Å². The SMILES string of the molecule is NC1CCN(Cc2cccc3c2CN(C2CCC(=O)NC2=O)C3=O)C2(CC2)C1. The van der Waals surface area contributed by atoms with Crippen molar-refractivity contribution < 1.29 is 14.4 Å². The first-order valence-electron chi connectivity index (χ1n) is 10.2. The van der Waals surface area contributed by atoms with E-state index in [9.17, 15) is 14.4 Å². The lowest BCUT2D eigenvalue weighted by Gasteiger charge is -2.39. The standard InChI is InChI=1S/C21H26N4O3/c22-14-6-9-24(21(10-14)7-8-21)11-13-2-1-3-15-16(13)12-25(20(15)28)17-4-5-18(26)23-19(17)27/h1-3,14,17H,4-12,22H2,(H,23,26,27). The number of nitrogens with zero attached hydrogens (tertiary/aromatic N) is 2. The molecular formula is C21H26N4O3. The van der Waals surface area contributed by atoms with Crippen molar-refractivity contribution >= 4 is 17.7 Å². The van der Waals surface area contributed by atoms with E-state index < -0.39 is 6.04 Å². The van der Waals surface area contributed by atoms with Gasteiger partial charge in [0, 0.05) is 43.2 Å². The fourth-order valence-electron chi connectivity index (χ4n) is 5.19. The zero-order chi connectivity index (χ0) is 19.5. The van der Waals surface area contributed by atoms with Crippen molar-refractivity contribution in [1.82, 2.24) is 15.1 Å². The van der Waals surface area contributed by atoms with Gasteiger partial charge in [-0.05, 0) is 49.3 Å². The van der Waals surface area contributed by atoms with Crippen LogP contribution in [0.1, 0.15) is 60.0 Å². The lowest BCUT2D eigenvalue weighted by atomic mass is 9.94. The van der Waals surface area contributed by atoms with Crippen LogP contribution >= 0.6 is 0 Å². The molecular weight excluding hydrogens is 356 g/mol. The molecule has 3 amide bonds. The third kappa shape index (κ3) is 2.84. The highest BCUT2D eigenvalue weighted by Crippen LogP contribution is 2.49. The lowest BCUT2D eigenvalue weighted by molar-refractivity contribution is -0.136. The maximum Gasteiger partial charge on any atom is 0.255 e. The minimum atomic E-state index is -0.562. The molecule has 7 nitrogen and oxygen atoms in total. The fraction of sp³-hybridized carbons (Fsp3) is 0.571. The molecule has 2 saturated heterocycles. The van der Waals surface area contributed by atoms with E-state index in [-0.39, 0.29) is 29.7 Å². The van der Waals surface area contributed by atoms with Crippen LogP contribution in [0.4, 0.5) is 0 Å². The highest BCUT2D eigenvalue weighted by Gasteiger charge is 2.51. The smallest absolute Gasteiger partial charge is 0.255 e. The van der Waals surface area contributed by atoms with Crippen LogP contribution in [-0.4, -0.2) is 51.7 Å². The highest BCUT2D eigenvalue weighted by molar-refractivity contribution is 6.05. The van der Waals surface area contributed by atoms with Gasteiger partial charge >= 0.3 is 0 Å². The first kappa shape index (κ1) is 17.8. The average Bonchev–Trinajstić information content (AvgIpc) is 3.34. The van der Waals surface area contributed by atoms with E-state index >= 15 is 0 Å². The Labute approximate surface area is 164 Å². The van der Waals surface area contributed by atoms with Gasteiger partial charge in [-0.1, -0.05) is 12.1 Å². The van der Waals surface area contributed by atoms with Crippen LogP contribution in [-0.2, 0) is 22.7 Å². The molecule has 3 fully saturated rings. The zero-order valence-corrected chi connectivity index (χ0v) is 15.9. The van der Waals surface area contributed by atoms with Gasteiger partial charge in [0.2, 0.25) is 11.8 Å². The van der Waals surface area contributed by atoms with Crippen molar-refractivity contribution in [3.05, 3.63) is 34.9 Å². The Kier molecular flexibility index (Phi) is 4.07. The number of carbonyl (C=O) groups excluding carboxylic acids is 3. The molecule has 5 rings (SSSR count). The summed E-state index contributed by atoms with van der Waals surface area (Å²) < 4.78 is 0. The molecule has 0 aromatic heterocycles. The minimum absolute atomic E-state index is 0.104. The van der Waals surface area contributed by atoms with Crippen molar-refractivity contribution in [2.24, 2.45) is 5.73 Å². The largest absolute Gasteiger partial charge is 0.328 e. The molecule has 3 heterocycles. The average molecular weight is 382 g/mol. The summed E-state index contributed by atoms with van der Waals surface area (Å²) in [6, 6.07) is 5.63. The molecule has 3 N–H and O–H groups in total. The van der Waals surface area contributed by atoms with E-state index in [0.717, 1.165) is 31.5 Å². The highest BCUT2D eigenvalue weighted by atomic mass is 16.2. The van der Waals surface area contributed by atoms with E-state index in [2.05, 4.69) is 16.3 Å². The Hall–Kier alpha value is -2.25. The summed E-state index contributed by atoms with van der Waals surface area (Å²) >= 11 is 0. The Morgan fingerprint density at radius 3 is 2.75 bits per heavy atom. The first-order valence-corrected chi connectivity index (χ1v) is 10.2. The molecule has 1 aromatic carbocycles. The molecule has 1 aromatic rings. The molecule has 3 aliphatic heterocycles. The number of piperidine rings is 2. The zero-order valence-electron chi connectivity index (χ0n) is 15.9. The number of carbonyl (C=O) groups is 3. The predicted molar refractivity (Wildman–Crippen MR) is 102 cm³/mol. The Balaban J connectivity index is 1.38.